The maximum absolute atomic E-state index is 11.7. The van der Waals surface area contributed by atoms with Crippen LogP contribution in [0.2, 0.25) is 0 Å². The summed E-state index contributed by atoms with van der Waals surface area (Å²) in [6.45, 7) is 5.70. The third-order valence-electron chi connectivity index (χ3n) is 3.15. The van der Waals surface area contributed by atoms with Gasteiger partial charge in [0.05, 0.1) is 0 Å². The molecule has 102 valence electrons. The number of hydrogen-bond donors (Lipinski definition) is 2. The van der Waals surface area contributed by atoms with Gasteiger partial charge in [0.25, 0.3) is 5.91 Å². The van der Waals surface area contributed by atoms with E-state index < -0.39 is 0 Å². The van der Waals surface area contributed by atoms with E-state index in [1.807, 2.05) is 24.3 Å². The Bertz CT molecular complexity index is 422. The van der Waals surface area contributed by atoms with Crippen molar-refractivity contribution in [3.8, 4) is 0 Å². The Morgan fingerprint density at radius 2 is 2.00 bits per heavy atom. The van der Waals surface area contributed by atoms with Crippen LogP contribution >= 0.6 is 0 Å². The van der Waals surface area contributed by atoms with Crippen molar-refractivity contribution in [1.29, 1.82) is 0 Å². The number of hydrogen-bond acceptors (Lipinski definition) is 3. The molecule has 0 saturated carbocycles. The van der Waals surface area contributed by atoms with E-state index in [1.165, 1.54) is 0 Å². The van der Waals surface area contributed by atoms with E-state index in [-0.39, 0.29) is 5.91 Å². The average Bonchev–Trinajstić information content (AvgIpc) is 2.46. The fourth-order valence-corrected chi connectivity index (χ4v) is 2.06. The molecule has 19 heavy (non-hydrogen) atoms. The van der Waals surface area contributed by atoms with Gasteiger partial charge in [0.1, 0.15) is 0 Å². The topological polar surface area (TPSA) is 50.4 Å². The number of anilines is 1. The molecule has 4 heteroatoms. The molecule has 1 aromatic rings. The van der Waals surface area contributed by atoms with Crippen LogP contribution in [0.4, 0.5) is 5.69 Å². The summed E-state index contributed by atoms with van der Waals surface area (Å²) in [6, 6.07) is 8.02. The van der Waals surface area contributed by atoms with Gasteiger partial charge >= 0.3 is 0 Å². The van der Waals surface area contributed by atoms with Crippen molar-refractivity contribution >= 4 is 11.6 Å². The Balaban J connectivity index is 1.90. The lowest BCUT2D eigenvalue weighted by atomic mass is 10.1. The Kier molecular flexibility index (Phi) is 4.98. The van der Waals surface area contributed by atoms with Crippen molar-refractivity contribution in [2.75, 3.05) is 25.1 Å². The molecule has 0 unspecified atom stereocenters. The molecular weight excluding hydrogens is 240 g/mol. The second-order valence-corrected chi connectivity index (χ2v) is 4.61. The summed E-state index contributed by atoms with van der Waals surface area (Å²) < 4.78 is 5.32. The van der Waals surface area contributed by atoms with Gasteiger partial charge in [0, 0.05) is 37.1 Å². The van der Waals surface area contributed by atoms with E-state index in [4.69, 9.17) is 4.74 Å². The number of carbonyl (C=O) groups excluding carboxylic acids is 1. The van der Waals surface area contributed by atoms with Gasteiger partial charge in [-0.15, -0.1) is 6.58 Å². The molecule has 2 rings (SSSR count). The Labute approximate surface area is 113 Å². The average molecular weight is 260 g/mol. The Morgan fingerprint density at radius 3 is 2.63 bits per heavy atom. The fraction of sp³-hybridized carbons (Fsp3) is 0.400. The molecule has 1 aliphatic rings. The Morgan fingerprint density at radius 1 is 1.32 bits per heavy atom. The summed E-state index contributed by atoms with van der Waals surface area (Å²) in [5.41, 5.74) is 1.71. The van der Waals surface area contributed by atoms with Gasteiger partial charge in [-0.25, -0.2) is 0 Å². The fourth-order valence-electron chi connectivity index (χ4n) is 2.06. The van der Waals surface area contributed by atoms with Crippen LogP contribution in [-0.4, -0.2) is 31.7 Å². The lowest BCUT2D eigenvalue weighted by Gasteiger charge is -2.24. The van der Waals surface area contributed by atoms with Gasteiger partial charge in [-0.2, -0.15) is 0 Å². The zero-order chi connectivity index (χ0) is 13.5. The molecule has 4 nitrogen and oxygen atoms in total. The molecule has 1 amide bonds. The van der Waals surface area contributed by atoms with Gasteiger partial charge in [0.15, 0.2) is 0 Å². The van der Waals surface area contributed by atoms with E-state index in [9.17, 15) is 4.79 Å². The van der Waals surface area contributed by atoms with Crippen molar-refractivity contribution in [2.45, 2.75) is 18.9 Å². The van der Waals surface area contributed by atoms with Crippen LogP contribution in [0.3, 0.4) is 0 Å². The van der Waals surface area contributed by atoms with Gasteiger partial charge < -0.3 is 15.4 Å². The monoisotopic (exact) mass is 260 g/mol. The number of benzene rings is 1. The smallest absolute Gasteiger partial charge is 0.251 e. The number of nitrogens with one attached hydrogen (secondary N) is 2. The summed E-state index contributed by atoms with van der Waals surface area (Å²) in [7, 11) is 0. The van der Waals surface area contributed by atoms with Crippen LogP contribution in [0.25, 0.3) is 0 Å². The first kappa shape index (κ1) is 13.6. The third-order valence-corrected chi connectivity index (χ3v) is 3.15. The molecule has 0 bridgehead atoms. The number of carbonyl (C=O) groups is 1. The lowest BCUT2D eigenvalue weighted by molar-refractivity contribution is 0.0904. The highest BCUT2D eigenvalue weighted by molar-refractivity contribution is 5.94. The molecule has 0 radical (unpaired) electrons. The number of ether oxygens (including phenoxy) is 1. The second-order valence-electron chi connectivity index (χ2n) is 4.61. The van der Waals surface area contributed by atoms with Crippen molar-refractivity contribution in [3.05, 3.63) is 42.5 Å². The summed E-state index contributed by atoms with van der Waals surface area (Å²) >= 11 is 0. The predicted octanol–water partition coefficient (Wildman–Crippen LogP) is 2.19. The molecule has 2 N–H and O–H groups in total. The normalized spacial score (nSPS) is 15.8. The summed E-state index contributed by atoms with van der Waals surface area (Å²) in [5, 5.41) is 6.22. The van der Waals surface area contributed by atoms with E-state index in [2.05, 4.69) is 17.2 Å². The molecule has 0 aliphatic carbocycles. The van der Waals surface area contributed by atoms with Gasteiger partial charge in [-0.3, -0.25) is 4.79 Å². The lowest BCUT2D eigenvalue weighted by Crippen LogP contribution is -2.28. The molecule has 1 aromatic carbocycles. The van der Waals surface area contributed by atoms with E-state index in [0.29, 0.717) is 18.2 Å². The van der Waals surface area contributed by atoms with E-state index in [1.54, 1.807) is 6.08 Å². The highest BCUT2D eigenvalue weighted by Crippen LogP contribution is 2.15. The molecule has 0 atom stereocenters. The van der Waals surface area contributed by atoms with Crippen LogP contribution in [0.1, 0.15) is 23.2 Å². The first-order chi connectivity index (χ1) is 9.29. The van der Waals surface area contributed by atoms with Crippen LogP contribution in [0.15, 0.2) is 36.9 Å². The van der Waals surface area contributed by atoms with E-state index in [0.717, 1.165) is 31.7 Å². The maximum atomic E-state index is 11.7. The van der Waals surface area contributed by atoms with Crippen LogP contribution < -0.4 is 10.6 Å². The Hall–Kier alpha value is -1.81. The molecular formula is C15H20N2O2. The molecule has 0 spiro atoms. The third kappa shape index (κ3) is 4.10. The van der Waals surface area contributed by atoms with Crippen LogP contribution in [-0.2, 0) is 4.74 Å². The first-order valence-corrected chi connectivity index (χ1v) is 6.63. The number of rotatable bonds is 5. The number of amides is 1. The summed E-state index contributed by atoms with van der Waals surface area (Å²) in [4.78, 5) is 11.7. The maximum Gasteiger partial charge on any atom is 0.251 e. The van der Waals surface area contributed by atoms with Crippen molar-refractivity contribution in [2.24, 2.45) is 0 Å². The molecule has 1 heterocycles. The zero-order valence-corrected chi connectivity index (χ0v) is 11.0. The quantitative estimate of drug-likeness (QED) is 0.798. The van der Waals surface area contributed by atoms with Crippen LogP contribution in [0, 0.1) is 0 Å². The minimum Gasteiger partial charge on any atom is -0.382 e. The van der Waals surface area contributed by atoms with Crippen molar-refractivity contribution in [1.82, 2.24) is 5.32 Å². The minimum absolute atomic E-state index is 0.0717. The second kappa shape index (κ2) is 6.95. The first-order valence-electron chi connectivity index (χ1n) is 6.63. The largest absolute Gasteiger partial charge is 0.382 e. The zero-order valence-electron chi connectivity index (χ0n) is 11.0. The van der Waals surface area contributed by atoms with Gasteiger partial charge in [-0.05, 0) is 37.1 Å². The van der Waals surface area contributed by atoms with Crippen molar-refractivity contribution < 1.29 is 9.53 Å². The van der Waals surface area contributed by atoms with E-state index >= 15 is 0 Å². The van der Waals surface area contributed by atoms with Crippen molar-refractivity contribution in [3.63, 3.8) is 0 Å². The summed E-state index contributed by atoms with van der Waals surface area (Å²) in [6.07, 6.45) is 3.72. The van der Waals surface area contributed by atoms with Crippen LogP contribution in [0.5, 0.6) is 0 Å². The molecule has 1 aliphatic heterocycles. The standard InChI is InChI=1S/C15H20N2O2/c1-2-9-16-15(18)12-3-5-13(6-4-12)17-14-7-10-19-11-8-14/h2-6,14,17H,1,7-11H2,(H,16,18). The SMILES string of the molecule is C=CCNC(=O)c1ccc(NC2CCOCC2)cc1. The van der Waals surface area contributed by atoms with Gasteiger partial charge in [-0.1, -0.05) is 6.08 Å². The highest BCUT2D eigenvalue weighted by atomic mass is 16.5. The predicted molar refractivity (Wildman–Crippen MR) is 76.4 cm³/mol. The highest BCUT2D eigenvalue weighted by Gasteiger charge is 2.13. The summed E-state index contributed by atoms with van der Waals surface area (Å²) in [5.74, 6) is -0.0717. The molecule has 1 fully saturated rings. The van der Waals surface area contributed by atoms with Gasteiger partial charge in [0.2, 0.25) is 0 Å². The minimum atomic E-state index is -0.0717. The molecule has 0 aromatic heterocycles. The molecule has 1 saturated heterocycles.